The molecule has 2 aliphatic heterocycles. The van der Waals surface area contributed by atoms with Gasteiger partial charge in [0.15, 0.2) is 0 Å². The third-order valence-electron chi connectivity index (χ3n) is 9.67. The summed E-state index contributed by atoms with van der Waals surface area (Å²) in [6.45, 7) is 6.01. The van der Waals surface area contributed by atoms with E-state index in [1.165, 1.54) is 11.8 Å². The van der Waals surface area contributed by atoms with Crippen LogP contribution in [0.15, 0.2) is 48.5 Å². The Morgan fingerprint density at radius 1 is 1.12 bits per heavy atom. The van der Waals surface area contributed by atoms with Crippen molar-refractivity contribution in [1.82, 2.24) is 15.1 Å². The van der Waals surface area contributed by atoms with Gasteiger partial charge in [-0.3, -0.25) is 0 Å². The van der Waals surface area contributed by atoms with Crippen molar-refractivity contribution in [1.29, 1.82) is 5.26 Å². The van der Waals surface area contributed by atoms with Crippen LogP contribution in [0.25, 0.3) is 0 Å². The number of ether oxygens (including phenoxy) is 1. The van der Waals surface area contributed by atoms with Gasteiger partial charge in [0.1, 0.15) is 11.9 Å². The molecule has 2 aromatic carbocycles. The number of rotatable bonds is 9. The lowest BCUT2D eigenvalue weighted by Gasteiger charge is -2.52. The van der Waals surface area contributed by atoms with Crippen molar-refractivity contribution in [2.75, 3.05) is 65.3 Å². The lowest BCUT2D eigenvalue weighted by Crippen LogP contribution is -2.56. The summed E-state index contributed by atoms with van der Waals surface area (Å²) in [6.07, 6.45) is 4.34. The number of nitrogens with one attached hydrogen (secondary N) is 1. The SMILES string of the molecule is CNC(=O)O[C@H]1CCC[C@@H]1[C@](CN(C)C)(c1cccc(F)c1)C1CCN(CC2CN(c3ccc(C#N)cc3)C2)CC1. The van der Waals surface area contributed by atoms with Crippen molar-refractivity contribution in [3.63, 3.8) is 0 Å². The number of halogens is 1. The minimum atomic E-state index is -0.384. The van der Waals surface area contributed by atoms with Crippen LogP contribution in [0.2, 0.25) is 0 Å². The van der Waals surface area contributed by atoms with E-state index in [-0.39, 0.29) is 29.3 Å². The fourth-order valence-electron chi connectivity index (χ4n) is 7.88. The van der Waals surface area contributed by atoms with Crippen LogP contribution in [0.5, 0.6) is 0 Å². The Hall–Kier alpha value is -3.15. The molecule has 0 aromatic heterocycles. The number of carbonyl (C=O) groups excluding carboxylic acids is 1. The quantitative estimate of drug-likeness (QED) is 0.471. The fraction of sp³-hybridized carbons (Fsp3) is 0.576. The topological polar surface area (TPSA) is 71.8 Å². The maximum Gasteiger partial charge on any atom is 0.407 e. The largest absolute Gasteiger partial charge is 0.446 e. The van der Waals surface area contributed by atoms with E-state index in [0.29, 0.717) is 17.4 Å². The molecule has 0 radical (unpaired) electrons. The highest BCUT2D eigenvalue weighted by atomic mass is 19.1. The first-order chi connectivity index (χ1) is 19.8. The molecular weight excluding hydrogens is 517 g/mol. The summed E-state index contributed by atoms with van der Waals surface area (Å²) in [5.41, 5.74) is 2.61. The molecule has 8 heteroatoms. The van der Waals surface area contributed by atoms with Gasteiger partial charge in [-0.15, -0.1) is 0 Å². The van der Waals surface area contributed by atoms with Crippen LogP contribution in [0.3, 0.4) is 0 Å². The van der Waals surface area contributed by atoms with Crippen molar-refractivity contribution in [2.24, 2.45) is 17.8 Å². The monoisotopic (exact) mass is 561 g/mol. The van der Waals surface area contributed by atoms with Crippen molar-refractivity contribution < 1.29 is 13.9 Å². The molecule has 0 spiro atoms. The summed E-state index contributed by atoms with van der Waals surface area (Å²) in [5, 5.41) is 11.7. The van der Waals surface area contributed by atoms with E-state index in [1.807, 2.05) is 30.3 Å². The van der Waals surface area contributed by atoms with Gasteiger partial charge in [0, 0.05) is 56.2 Å². The Morgan fingerprint density at radius 2 is 1.85 bits per heavy atom. The van der Waals surface area contributed by atoms with Crippen LogP contribution in [0.1, 0.15) is 43.2 Å². The van der Waals surface area contributed by atoms with E-state index >= 15 is 0 Å². The first-order valence-corrected chi connectivity index (χ1v) is 15.1. The number of carbonyl (C=O) groups is 1. The molecule has 1 N–H and O–H groups in total. The number of hydrogen-bond acceptors (Lipinski definition) is 6. The number of nitrogens with zero attached hydrogens (tertiary/aromatic N) is 4. The van der Waals surface area contributed by atoms with Gasteiger partial charge in [0.05, 0.1) is 11.6 Å². The zero-order chi connectivity index (χ0) is 29.0. The average molecular weight is 562 g/mol. The second-order valence-electron chi connectivity index (χ2n) is 12.5. The molecule has 1 aliphatic carbocycles. The van der Waals surface area contributed by atoms with Gasteiger partial charge in [-0.05, 0) is 107 Å². The van der Waals surface area contributed by atoms with Crippen molar-refractivity contribution in [3.8, 4) is 6.07 Å². The van der Waals surface area contributed by atoms with E-state index in [4.69, 9.17) is 10.00 Å². The smallest absolute Gasteiger partial charge is 0.407 e. The maximum atomic E-state index is 14.8. The molecule has 220 valence electrons. The van der Waals surface area contributed by atoms with Crippen LogP contribution in [0.4, 0.5) is 14.9 Å². The third-order valence-corrected chi connectivity index (χ3v) is 9.67. The Morgan fingerprint density at radius 3 is 2.49 bits per heavy atom. The maximum absolute atomic E-state index is 14.8. The van der Waals surface area contributed by atoms with Crippen LogP contribution >= 0.6 is 0 Å². The zero-order valence-electron chi connectivity index (χ0n) is 24.7. The Labute approximate surface area is 244 Å². The summed E-state index contributed by atoms with van der Waals surface area (Å²) in [4.78, 5) is 19.6. The highest BCUT2D eigenvalue weighted by Gasteiger charge is 2.53. The summed E-state index contributed by atoms with van der Waals surface area (Å²) >= 11 is 0. The molecule has 0 bridgehead atoms. The van der Waals surface area contributed by atoms with Gasteiger partial charge in [0.2, 0.25) is 0 Å². The molecule has 2 saturated heterocycles. The molecule has 7 nitrogen and oxygen atoms in total. The van der Waals surface area contributed by atoms with Gasteiger partial charge in [-0.1, -0.05) is 12.1 Å². The molecule has 0 unspecified atom stereocenters. The zero-order valence-corrected chi connectivity index (χ0v) is 24.7. The minimum Gasteiger partial charge on any atom is -0.446 e. The predicted octanol–water partition coefficient (Wildman–Crippen LogP) is 4.87. The standard InChI is InChI=1S/C33H44FN5O2/c1-36-32(40)41-31-9-5-8-30(31)33(23-37(2)3,27-6-4-7-28(34)18-27)26-14-16-38(17-15-26)20-25-21-39(22-25)29-12-10-24(19-35)11-13-29/h4,6-7,10-13,18,25-26,30-31H,5,8-9,14-17,20-23H2,1-3H3,(H,36,40)/t30-,31-,33-/m0/s1. The van der Waals surface area contributed by atoms with Crippen molar-refractivity contribution in [2.45, 2.75) is 43.6 Å². The number of hydrogen-bond donors (Lipinski definition) is 1. The molecule has 2 heterocycles. The van der Waals surface area contributed by atoms with Crippen LogP contribution in [-0.4, -0.2) is 82.4 Å². The van der Waals surface area contributed by atoms with Crippen molar-refractivity contribution >= 4 is 11.8 Å². The van der Waals surface area contributed by atoms with Crippen LogP contribution in [0, 0.1) is 34.9 Å². The molecule has 1 amide bonds. The number of alkyl carbamates (subject to hydrolysis) is 1. The Balaban J connectivity index is 1.30. The minimum absolute atomic E-state index is 0.133. The van der Waals surface area contributed by atoms with Crippen molar-refractivity contribution in [3.05, 3.63) is 65.5 Å². The van der Waals surface area contributed by atoms with Crippen LogP contribution in [-0.2, 0) is 10.2 Å². The molecule has 41 heavy (non-hydrogen) atoms. The molecule has 1 saturated carbocycles. The van der Waals surface area contributed by atoms with Gasteiger partial charge in [-0.2, -0.15) is 5.26 Å². The third kappa shape index (κ3) is 6.37. The first-order valence-electron chi connectivity index (χ1n) is 15.1. The van der Waals surface area contributed by atoms with E-state index in [0.717, 1.165) is 76.9 Å². The highest BCUT2D eigenvalue weighted by molar-refractivity contribution is 5.67. The molecule has 3 fully saturated rings. The van der Waals surface area contributed by atoms with Gasteiger partial charge in [0.25, 0.3) is 0 Å². The van der Waals surface area contributed by atoms with E-state index < -0.39 is 0 Å². The van der Waals surface area contributed by atoms with E-state index in [1.54, 1.807) is 13.1 Å². The van der Waals surface area contributed by atoms with Gasteiger partial charge in [-0.25, -0.2) is 9.18 Å². The predicted molar refractivity (Wildman–Crippen MR) is 159 cm³/mol. The normalized spacial score (nSPS) is 23.6. The number of benzene rings is 2. The summed E-state index contributed by atoms with van der Waals surface area (Å²) in [6, 6.07) is 17.2. The lowest BCUT2D eigenvalue weighted by atomic mass is 9.58. The molecular formula is C33H44FN5O2. The second-order valence-corrected chi connectivity index (χ2v) is 12.5. The highest BCUT2D eigenvalue weighted by Crippen LogP contribution is 2.51. The average Bonchev–Trinajstić information content (AvgIpc) is 3.42. The number of nitriles is 1. The second kappa shape index (κ2) is 12.8. The number of likely N-dealkylation sites (tertiary alicyclic amines) is 1. The molecule has 3 atom stereocenters. The van der Waals surface area contributed by atoms with E-state index in [2.05, 4.69) is 46.2 Å². The Bertz CT molecular complexity index is 1220. The summed E-state index contributed by atoms with van der Waals surface area (Å²) < 4.78 is 20.7. The van der Waals surface area contributed by atoms with Gasteiger partial charge >= 0.3 is 6.09 Å². The van der Waals surface area contributed by atoms with Gasteiger partial charge < -0.3 is 24.8 Å². The lowest BCUT2D eigenvalue weighted by molar-refractivity contribution is -0.000812. The Kier molecular flexibility index (Phi) is 9.16. The van der Waals surface area contributed by atoms with E-state index in [9.17, 15) is 9.18 Å². The fourth-order valence-corrected chi connectivity index (χ4v) is 7.88. The van der Waals surface area contributed by atoms with Crippen LogP contribution < -0.4 is 10.2 Å². The molecule has 5 rings (SSSR count). The number of amides is 1. The number of piperidine rings is 1. The first kappa shape index (κ1) is 29.3. The number of likely N-dealkylation sites (N-methyl/N-ethyl adjacent to an activating group) is 1. The molecule has 3 aliphatic rings. The summed E-state index contributed by atoms with van der Waals surface area (Å²) in [7, 11) is 5.80. The summed E-state index contributed by atoms with van der Waals surface area (Å²) in [5.74, 6) is 0.922. The molecule has 2 aromatic rings. The number of anilines is 1.